The number of amides is 1. The van der Waals surface area contributed by atoms with Crippen LogP contribution in [0.15, 0.2) is 0 Å². The molecule has 1 unspecified atom stereocenters. The molecule has 0 radical (unpaired) electrons. The topological polar surface area (TPSA) is 44.8 Å². The van der Waals surface area contributed by atoms with Crippen LogP contribution in [-0.2, 0) is 9.53 Å². The zero-order valence-electron chi connectivity index (χ0n) is 14.3. The molecule has 22 heavy (non-hydrogen) atoms. The van der Waals surface area contributed by atoms with E-state index in [1.807, 2.05) is 4.90 Å². The minimum absolute atomic E-state index is 0. The molecule has 1 amide bonds. The minimum Gasteiger partial charge on any atom is -0.384 e. The maximum atomic E-state index is 12.6. The van der Waals surface area contributed by atoms with Crippen molar-refractivity contribution in [3.8, 4) is 0 Å². The first-order valence-corrected chi connectivity index (χ1v) is 8.23. The first-order chi connectivity index (χ1) is 10.0. The van der Waals surface area contributed by atoms with Gasteiger partial charge >= 0.3 is 0 Å². The molecule has 0 bridgehead atoms. The molecule has 0 aromatic carbocycles. The Morgan fingerprint density at radius 2 is 1.95 bits per heavy atom. The van der Waals surface area contributed by atoms with Crippen LogP contribution >= 0.6 is 12.4 Å². The maximum Gasteiger partial charge on any atom is 0.227 e. The fraction of sp³-hybridized carbons (Fsp3) is 0.938. The number of nitrogens with one attached hydrogen (secondary N) is 1. The smallest absolute Gasteiger partial charge is 0.227 e. The van der Waals surface area contributed by atoms with Crippen molar-refractivity contribution in [3.05, 3.63) is 0 Å². The van der Waals surface area contributed by atoms with Crippen molar-refractivity contribution in [2.75, 3.05) is 59.5 Å². The fourth-order valence-corrected chi connectivity index (χ4v) is 3.59. The molecule has 2 saturated heterocycles. The molecular weight excluding hydrogens is 302 g/mol. The monoisotopic (exact) mass is 333 g/mol. The summed E-state index contributed by atoms with van der Waals surface area (Å²) in [5.74, 6) is 0.556. The Kier molecular flexibility index (Phi) is 8.11. The van der Waals surface area contributed by atoms with Gasteiger partial charge in [-0.25, -0.2) is 0 Å². The molecule has 2 heterocycles. The van der Waals surface area contributed by atoms with Gasteiger partial charge < -0.3 is 19.9 Å². The van der Waals surface area contributed by atoms with E-state index in [4.69, 9.17) is 4.74 Å². The number of nitrogens with zero attached hydrogens (tertiary/aromatic N) is 2. The lowest BCUT2D eigenvalue weighted by Crippen LogP contribution is -2.52. The summed E-state index contributed by atoms with van der Waals surface area (Å²) in [6.07, 6.45) is 2.18. The number of piperazine rings is 1. The van der Waals surface area contributed by atoms with Gasteiger partial charge in [0.05, 0.1) is 12.5 Å². The van der Waals surface area contributed by atoms with Crippen LogP contribution in [0, 0.1) is 11.3 Å². The van der Waals surface area contributed by atoms with E-state index in [1.165, 1.54) is 0 Å². The highest BCUT2D eigenvalue weighted by Gasteiger charge is 2.32. The maximum absolute atomic E-state index is 12.6. The van der Waals surface area contributed by atoms with Gasteiger partial charge in [-0.05, 0) is 19.4 Å². The number of carbonyl (C=O) groups is 1. The van der Waals surface area contributed by atoms with Crippen LogP contribution in [0.5, 0.6) is 0 Å². The van der Waals surface area contributed by atoms with Gasteiger partial charge in [-0.3, -0.25) is 4.79 Å². The molecule has 0 aromatic rings. The molecule has 0 aromatic heterocycles. The number of methoxy groups -OCH3 is 1. The largest absolute Gasteiger partial charge is 0.384 e. The lowest BCUT2D eigenvalue weighted by Gasteiger charge is -2.39. The van der Waals surface area contributed by atoms with Crippen molar-refractivity contribution >= 4 is 18.3 Å². The van der Waals surface area contributed by atoms with Crippen LogP contribution < -0.4 is 5.32 Å². The summed E-state index contributed by atoms with van der Waals surface area (Å²) in [6.45, 7) is 11.9. The van der Waals surface area contributed by atoms with Crippen LogP contribution in [0.4, 0.5) is 0 Å². The van der Waals surface area contributed by atoms with Crippen LogP contribution in [0.3, 0.4) is 0 Å². The molecule has 6 heteroatoms. The molecule has 0 aliphatic carbocycles. The highest BCUT2D eigenvalue weighted by atomic mass is 35.5. The Balaban J connectivity index is 0.00000242. The van der Waals surface area contributed by atoms with Crippen LogP contribution in [0.25, 0.3) is 0 Å². The summed E-state index contributed by atoms with van der Waals surface area (Å²) in [5.41, 5.74) is 0.148. The number of ether oxygens (including phenoxy) is 1. The number of halogens is 1. The third kappa shape index (κ3) is 5.69. The minimum atomic E-state index is 0. The third-order valence-electron chi connectivity index (χ3n) is 4.47. The summed E-state index contributed by atoms with van der Waals surface area (Å²) in [4.78, 5) is 17.1. The van der Waals surface area contributed by atoms with E-state index in [0.717, 1.165) is 65.3 Å². The molecule has 1 N–H and O–H groups in total. The average Bonchev–Trinajstić information content (AvgIpc) is 2.47. The molecule has 2 fully saturated rings. The van der Waals surface area contributed by atoms with Crippen molar-refractivity contribution in [2.24, 2.45) is 11.3 Å². The zero-order chi connectivity index (χ0) is 15.3. The SMILES string of the molecule is COCC(C)(C)CN1CCCC(C(=O)N2CCNCC2)C1.Cl. The number of piperidine rings is 1. The second-order valence-electron chi connectivity index (χ2n) is 7.25. The first kappa shape index (κ1) is 19.7. The quantitative estimate of drug-likeness (QED) is 0.822. The van der Waals surface area contributed by atoms with Gasteiger partial charge in [0.15, 0.2) is 0 Å². The lowest BCUT2D eigenvalue weighted by atomic mass is 9.90. The van der Waals surface area contributed by atoms with E-state index < -0.39 is 0 Å². The van der Waals surface area contributed by atoms with Gasteiger partial charge in [-0.15, -0.1) is 12.4 Å². The van der Waals surface area contributed by atoms with E-state index in [1.54, 1.807) is 7.11 Å². The second-order valence-corrected chi connectivity index (χ2v) is 7.25. The highest BCUT2D eigenvalue weighted by Crippen LogP contribution is 2.24. The van der Waals surface area contributed by atoms with Crippen molar-refractivity contribution < 1.29 is 9.53 Å². The molecule has 0 spiro atoms. The normalized spacial score (nSPS) is 24.0. The van der Waals surface area contributed by atoms with Gasteiger partial charge in [-0.2, -0.15) is 0 Å². The van der Waals surface area contributed by atoms with E-state index in [9.17, 15) is 4.79 Å². The number of carbonyl (C=O) groups excluding carboxylic acids is 1. The van der Waals surface area contributed by atoms with Gasteiger partial charge in [0.25, 0.3) is 0 Å². The number of likely N-dealkylation sites (tertiary alicyclic amines) is 1. The lowest BCUT2D eigenvalue weighted by molar-refractivity contribution is -0.138. The summed E-state index contributed by atoms with van der Waals surface area (Å²) in [7, 11) is 1.76. The summed E-state index contributed by atoms with van der Waals surface area (Å²) >= 11 is 0. The Bertz CT molecular complexity index is 346. The highest BCUT2D eigenvalue weighted by molar-refractivity contribution is 5.85. The zero-order valence-corrected chi connectivity index (χ0v) is 15.1. The third-order valence-corrected chi connectivity index (χ3v) is 4.47. The van der Waals surface area contributed by atoms with E-state index >= 15 is 0 Å². The molecular formula is C16H32ClN3O2. The molecule has 0 saturated carbocycles. The Morgan fingerprint density at radius 3 is 2.59 bits per heavy atom. The molecule has 2 aliphatic rings. The van der Waals surface area contributed by atoms with E-state index in [0.29, 0.717) is 5.91 Å². The summed E-state index contributed by atoms with van der Waals surface area (Å²) in [6, 6.07) is 0. The van der Waals surface area contributed by atoms with Crippen molar-refractivity contribution in [1.82, 2.24) is 15.1 Å². The Hall–Kier alpha value is -0.360. The molecule has 130 valence electrons. The second kappa shape index (κ2) is 9.06. The first-order valence-electron chi connectivity index (χ1n) is 8.23. The van der Waals surface area contributed by atoms with E-state index in [-0.39, 0.29) is 23.7 Å². The van der Waals surface area contributed by atoms with Gasteiger partial charge in [0.1, 0.15) is 0 Å². The number of rotatable bonds is 5. The van der Waals surface area contributed by atoms with Gasteiger partial charge in [0, 0.05) is 51.8 Å². The van der Waals surface area contributed by atoms with Crippen molar-refractivity contribution in [3.63, 3.8) is 0 Å². The Labute approximate surface area is 141 Å². The molecule has 2 rings (SSSR count). The molecule has 2 aliphatic heterocycles. The number of hydrogen-bond donors (Lipinski definition) is 1. The predicted molar refractivity (Wildman–Crippen MR) is 91.5 cm³/mol. The van der Waals surface area contributed by atoms with Gasteiger partial charge in [0.2, 0.25) is 5.91 Å². The average molecular weight is 334 g/mol. The number of hydrogen-bond acceptors (Lipinski definition) is 4. The fourth-order valence-electron chi connectivity index (χ4n) is 3.59. The van der Waals surface area contributed by atoms with Crippen LogP contribution in [0.1, 0.15) is 26.7 Å². The van der Waals surface area contributed by atoms with Crippen molar-refractivity contribution in [2.45, 2.75) is 26.7 Å². The predicted octanol–water partition coefficient (Wildman–Crippen LogP) is 1.22. The van der Waals surface area contributed by atoms with Crippen LogP contribution in [0.2, 0.25) is 0 Å². The van der Waals surface area contributed by atoms with E-state index in [2.05, 4.69) is 24.1 Å². The molecule has 5 nitrogen and oxygen atoms in total. The van der Waals surface area contributed by atoms with Gasteiger partial charge in [-0.1, -0.05) is 13.8 Å². The molecule has 1 atom stereocenters. The van der Waals surface area contributed by atoms with Crippen molar-refractivity contribution in [1.29, 1.82) is 0 Å². The standard InChI is InChI=1S/C16H31N3O2.ClH/c1-16(2,13-21-3)12-18-8-4-5-14(11-18)15(20)19-9-6-17-7-10-19;/h14,17H,4-13H2,1-3H3;1H. The Morgan fingerprint density at radius 1 is 1.27 bits per heavy atom. The summed E-state index contributed by atoms with van der Waals surface area (Å²) in [5, 5.41) is 3.31. The summed E-state index contributed by atoms with van der Waals surface area (Å²) < 4.78 is 5.31. The van der Waals surface area contributed by atoms with Crippen LogP contribution in [-0.4, -0.2) is 75.2 Å².